The third kappa shape index (κ3) is 5.47. The maximum Gasteiger partial charge on any atom is 0.137 e. The Labute approximate surface area is 336 Å². The Balaban J connectivity index is 1.13. The highest BCUT2D eigenvalue weighted by Crippen LogP contribution is 2.45. The first-order valence-corrected chi connectivity index (χ1v) is 19.7. The molecule has 7 aromatic carbocycles. The number of rotatable bonds is 7. The number of para-hydroxylation sites is 3. The van der Waals surface area contributed by atoms with Crippen LogP contribution >= 0.6 is 0 Å². The Kier molecular flexibility index (Phi) is 7.97. The van der Waals surface area contributed by atoms with Crippen LogP contribution in [0.3, 0.4) is 0 Å². The Morgan fingerprint density at radius 1 is 0.431 bits per heavy atom. The summed E-state index contributed by atoms with van der Waals surface area (Å²) in [7, 11) is 0. The molecule has 5 heteroatoms. The van der Waals surface area contributed by atoms with Gasteiger partial charge < -0.3 is 9.47 Å². The fourth-order valence-corrected chi connectivity index (χ4v) is 8.74. The van der Waals surface area contributed by atoms with Gasteiger partial charge in [0.1, 0.15) is 5.82 Å². The summed E-state index contributed by atoms with van der Waals surface area (Å²) in [5.41, 5.74) is 14.4. The van der Waals surface area contributed by atoms with Crippen LogP contribution in [0.25, 0.3) is 77.5 Å². The number of pyridine rings is 2. The molecule has 11 rings (SSSR count). The molecule has 0 saturated heterocycles. The van der Waals surface area contributed by atoms with Crippen molar-refractivity contribution in [3.8, 4) is 33.9 Å². The molecule has 0 unspecified atom stereocenters. The minimum absolute atomic E-state index is 0.874. The van der Waals surface area contributed by atoms with Crippen LogP contribution < -0.4 is 4.90 Å². The smallest absolute Gasteiger partial charge is 0.137 e. The predicted octanol–water partition coefficient (Wildman–Crippen LogP) is 13.8. The van der Waals surface area contributed by atoms with Gasteiger partial charge in [-0.25, -0.2) is 4.98 Å². The molecule has 5 nitrogen and oxygen atoms in total. The van der Waals surface area contributed by atoms with Crippen LogP contribution in [0.15, 0.2) is 207 Å². The number of aromatic nitrogens is 4. The van der Waals surface area contributed by atoms with Crippen molar-refractivity contribution in [3.05, 3.63) is 212 Å². The number of hydrogen-bond donors (Lipinski definition) is 0. The fourth-order valence-electron chi connectivity index (χ4n) is 8.74. The van der Waals surface area contributed by atoms with Crippen LogP contribution in [0.2, 0.25) is 0 Å². The molecule has 0 spiro atoms. The Bertz CT molecular complexity index is 3280. The van der Waals surface area contributed by atoms with E-state index in [0.29, 0.717) is 0 Å². The summed E-state index contributed by atoms with van der Waals surface area (Å²) in [6.45, 7) is 2.16. The van der Waals surface area contributed by atoms with E-state index in [9.17, 15) is 0 Å². The van der Waals surface area contributed by atoms with Gasteiger partial charge in [-0.15, -0.1) is 0 Å². The van der Waals surface area contributed by atoms with E-state index in [4.69, 9.17) is 9.97 Å². The van der Waals surface area contributed by atoms with Crippen LogP contribution in [-0.2, 0) is 0 Å². The highest BCUT2D eigenvalue weighted by molar-refractivity contribution is 6.29. The van der Waals surface area contributed by atoms with E-state index < -0.39 is 0 Å². The number of nitrogens with zero attached hydrogens (tertiary/aromatic N) is 5. The largest absolute Gasteiger partial charge is 0.310 e. The van der Waals surface area contributed by atoms with E-state index in [0.717, 1.165) is 56.4 Å². The van der Waals surface area contributed by atoms with Gasteiger partial charge in [-0.1, -0.05) is 109 Å². The monoisotopic (exact) mass is 743 g/mol. The van der Waals surface area contributed by atoms with Crippen molar-refractivity contribution in [2.24, 2.45) is 0 Å². The van der Waals surface area contributed by atoms with E-state index >= 15 is 0 Å². The second kappa shape index (κ2) is 13.8. The van der Waals surface area contributed by atoms with Crippen LogP contribution in [0, 0.1) is 6.92 Å². The quantitative estimate of drug-likeness (QED) is 0.163. The zero-order valence-corrected chi connectivity index (χ0v) is 31.9. The molecule has 0 fully saturated rings. The lowest BCUT2D eigenvalue weighted by Gasteiger charge is -2.26. The second-order valence-corrected chi connectivity index (χ2v) is 14.7. The maximum absolute atomic E-state index is 4.98. The minimum Gasteiger partial charge on any atom is -0.310 e. The summed E-state index contributed by atoms with van der Waals surface area (Å²) in [6.07, 6.45) is 3.88. The molecule has 11 aromatic rings. The molecule has 0 atom stereocenters. The molecular formula is C53H37N5. The van der Waals surface area contributed by atoms with Crippen LogP contribution in [-0.4, -0.2) is 19.1 Å². The molecule has 0 aliphatic heterocycles. The topological polar surface area (TPSA) is 38.9 Å². The summed E-state index contributed by atoms with van der Waals surface area (Å²) in [5, 5.41) is 4.84. The molecule has 0 saturated carbocycles. The van der Waals surface area contributed by atoms with Gasteiger partial charge in [0.05, 0.1) is 27.8 Å². The molecule has 0 bridgehead atoms. The Morgan fingerprint density at radius 3 is 1.83 bits per heavy atom. The average Bonchev–Trinajstić information content (AvgIpc) is 3.80. The molecule has 4 heterocycles. The van der Waals surface area contributed by atoms with E-state index in [1.165, 1.54) is 43.7 Å². The molecule has 4 aromatic heterocycles. The first-order valence-electron chi connectivity index (χ1n) is 19.7. The van der Waals surface area contributed by atoms with Crippen molar-refractivity contribution in [1.29, 1.82) is 0 Å². The number of anilines is 3. The van der Waals surface area contributed by atoms with Gasteiger partial charge in [0.25, 0.3) is 0 Å². The summed E-state index contributed by atoms with van der Waals surface area (Å²) in [5.74, 6) is 0.874. The number of fused-ring (bicyclic) bond motifs is 7. The summed E-state index contributed by atoms with van der Waals surface area (Å²) in [4.78, 5) is 12.2. The maximum atomic E-state index is 4.98. The van der Waals surface area contributed by atoms with Gasteiger partial charge in [-0.2, -0.15) is 0 Å². The lowest BCUT2D eigenvalue weighted by molar-refractivity contribution is 1.08. The third-order valence-corrected chi connectivity index (χ3v) is 11.3. The van der Waals surface area contributed by atoms with Crippen molar-refractivity contribution in [1.82, 2.24) is 19.1 Å². The van der Waals surface area contributed by atoms with Crippen LogP contribution in [0.1, 0.15) is 5.56 Å². The number of benzene rings is 7. The van der Waals surface area contributed by atoms with Gasteiger partial charge in [0, 0.05) is 67.8 Å². The molecular weight excluding hydrogens is 707 g/mol. The molecule has 0 aliphatic carbocycles. The minimum atomic E-state index is 0.874. The van der Waals surface area contributed by atoms with Crippen LogP contribution in [0.5, 0.6) is 0 Å². The van der Waals surface area contributed by atoms with Crippen molar-refractivity contribution < 1.29 is 0 Å². The summed E-state index contributed by atoms with van der Waals surface area (Å²) < 4.78 is 4.71. The SMILES string of the molecule is Cc1cc(-c2cccc(N(c3ccccc3)c3ccc4c5c6c7ccccc7n(-c7ccccc7)c6ccc5n(-c5ccccn5)c4c3)c2)ncc1-c1ccccc1. The van der Waals surface area contributed by atoms with E-state index in [2.05, 4.69) is 203 Å². The van der Waals surface area contributed by atoms with Gasteiger partial charge in [-0.3, -0.25) is 9.55 Å². The molecule has 58 heavy (non-hydrogen) atoms. The van der Waals surface area contributed by atoms with Gasteiger partial charge in [-0.05, 0) is 103 Å². The van der Waals surface area contributed by atoms with Crippen molar-refractivity contribution in [2.75, 3.05) is 4.90 Å². The van der Waals surface area contributed by atoms with E-state index in [1.807, 2.05) is 24.5 Å². The van der Waals surface area contributed by atoms with Crippen molar-refractivity contribution in [3.63, 3.8) is 0 Å². The lowest BCUT2D eigenvalue weighted by atomic mass is 10.0. The molecule has 0 radical (unpaired) electrons. The van der Waals surface area contributed by atoms with E-state index in [1.54, 1.807) is 0 Å². The number of hydrogen-bond acceptors (Lipinski definition) is 3. The van der Waals surface area contributed by atoms with Crippen molar-refractivity contribution >= 4 is 60.7 Å². The second-order valence-electron chi connectivity index (χ2n) is 14.7. The molecule has 274 valence electrons. The van der Waals surface area contributed by atoms with Crippen molar-refractivity contribution in [2.45, 2.75) is 6.92 Å². The van der Waals surface area contributed by atoms with Gasteiger partial charge in [0.2, 0.25) is 0 Å². The van der Waals surface area contributed by atoms with Gasteiger partial charge >= 0.3 is 0 Å². The lowest BCUT2D eigenvalue weighted by Crippen LogP contribution is -2.10. The average molecular weight is 744 g/mol. The Morgan fingerprint density at radius 2 is 1.07 bits per heavy atom. The predicted molar refractivity (Wildman–Crippen MR) is 241 cm³/mol. The first-order chi connectivity index (χ1) is 28.7. The highest BCUT2D eigenvalue weighted by atomic mass is 15.1. The fraction of sp³-hybridized carbons (Fsp3) is 0.0189. The normalized spacial score (nSPS) is 11.5. The molecule has 0 N–H and O–H groups in total. The molecule has 0 aliphatic rings. The van der Waals surface area contributed by atoms with E-state index in [-0.39, 0.29) is 0 Å². The third-order valence-electron chi connectivity index (χ3n) is 11.3. The number of aryl methyl sites for hydroxylation is 1. The first kappa shape index (κ1) is 33.6. The Hall–Kier alpha value is -7.76. The zero-order valence-electron chi connectivity index (χ0n) is 31.9. The standard InChI is InChI=1S/C53H37N5/c1-36-32-46(55-35-45(36)37-16-5-2-6-17-37)38-18-15-23-41(33-38)56(39-19-7-3-8-20-39)42-27-28-44-50(34-42)58(51-26-13-14-31-54-51)49-30-29-48-52(53(44)49)43-24-11-12-25-47(43)57(48)40-21-9-4-10-22-40/h2-35H,1H3. The molecule has 0 amide bonds. The summed E-state index contributed by atoms with van der Waals surface area (Å²) >= 11 is 0. The van der Waals surface area contributed by atoms with Gasteiger partial charge in [0.15, 0.2) is 0 Å². The van der Waals surface area contributed by atoms with Crippen LogP contribution in [0.4, 0.5) is 17.1 Å². The zero-order chi connectivity index (χ0) is 38.6. The summed E-state index contributed by atoms with van der Waals surface area (Å²) in [6, 6.07) is 68.9. The highest BCUT2D eigenvalue weighted by Gasteiger charge is 2.23.